The van der Waals surface area contributed by atoms with Gasteiger partial charge in [0.2, 0.25) is 5.91 Å². The Labute approximate surface area is 190 Å². The van der Waals surface area contributed by atoms with E-state index in [0.29, 0.717) is 21.6 Å². The van der Waals surface area contributed by atoms with Crippen molar-refractivity contribution in [2.45, 2.75) is 44.0 Å². The number of anilines is 2. The summed E-state index contributed by atoms with van der Waals surface area (Å²) in [4.78, 5) is 27.1. The zero-order chi connectivity index (χ0) is 22.6. The fourth-order valence-corrected chi connectivity index (χ4v) is 7.72. The largest absolute Gasteiger partial charge is 0.462 e. The number of benzene rings is 2. The third-order valence-electron chi connectivity index (χ3n) is 5.99. The molecule has 5 rings (SSSR count). The van der Waals surface area contributed by atoms with E-state index >= 15 is 0 Å². The van der Waals surface area contributed by atoms with Crippen molar-refractivity contribution in [2.24, 2.45) is 0 Å². The van der Waals surface area contributed by atoms with Crippen LogP contribution in [-0.4, -0.2) is 32.9 Å². The number of carbonyl (C=O) groups is 2. The number of fused-ring (bicyclic) bond motifs is 1. The molecule has 1 atom stereocenters. The minimum atomic E-state index is -3.88. The van der Waals surface area contributed by atoms with E-state index in [4.69, 9.17) is 4.74 Å². The molecule has 0 bridgehead atoms. The van der Waals surface area contributed by atoms with Crippen molar-refractivity contribution in [3.63, 3.8) is 0 Å². The van der Waals surface area contributed by atoms with Gasteiger partial charge < -0.3 is 10.1 Å². The van der Waals surface area contributed by atoms with Gasteiger partial charge in [-0.3, -0.25) is 9.10 Å². The molecule has 1 aliphatic heterocycles. The Kier molecular flexibility index (Phi) is 4.98. The summed E-state index contributed by atoms with van der Waals surface area (Å²) in [5.41, 5.74) is 1.82. The second-order valence-corrected chi connectivity index (χ2v) is 10.8. The lowest BCUT2D eigenvalue weighted by atomic mass is 10.1. The van der Waals surface area contributed by atoms with Gasteiger partial charge in [0.15, 0.2) is 0 Å². The molecule has 2 heterocycles. The van der Waals surface area contributed by atoms with Gasteiger partial charge in [-0.05, 0) is 56.2 Å². The van der Waals surface area contributed by atoms with E-state index < -0.39 is 27.9 Å². The summed E-state index contributed by atoms with van der Waals surface area (Å²) >= 11 is 1.37. The Morgan fingerprint density at radius 2 is 1.94 bits per heavy atom. The Morgan fingerprint density at radius 3 is 2.69 bits per heavy atom. The van der Waals surface area contributed by atoms with Crippen molar-refractivity contribution < 1.29 is 22.7 Å². The summed E-state index contributed by atoms with van der Waals surface area (Å²) in [5, 5.41) is 4.68. The number of aryl methyl sites for hydroxylation is 1. The predicted molar refractivity (Wildman–Crippen MR) is 124 cm³/mol. The van der Waals surface area contributed by atoms with Crippen molar-refractivity contribution in [3.8, 4) is 0 Å². The Hall–Kier alpha value is -2.91. The van der Waals surface area contributed by atoms with Crippen LogP contribution < -0.4 is 9.62 Å². The van der Waals surface area contributed by atoms with Gasteiger partial charge in [-0.25, -0.2) is 13.2 Å². The van der Waals surface area contributed by atoms with E-state index in [1.54, 1.807) is 38.1 Å². The highest BCUT2D eigenvalue weighted by molar-refractivity contribution is 7.93. The van der Waals surface area contributed by atoms with Crippen molar-refractivity contribution in [1.82, 2.24) is 0 Å². The van der Waals surface area contributed by atoms with E-state index in [1.165, 1.54) is 15.6 Å². The van der Waals surface area contributed by atoms with E-state index in [9.17, 15) is 18.0 Å². The number of amides is 1. The molecule has 9 heteroatoms. The normalized spacial score (nSPS) is 16.8. The van der Waals surface area contributed by atoms with Gasteiger partial charge >= 0.3 is 5.97 Å². The molecule has 1 aliphatic carbocycles. The minimum Gasteiger partial charge on any atom is -0.462 e. The van der Waals surface area contributed by atoms with Crippen LogP contribution in [0.1, 0.15) is 41.1 Å². The highest BCUT2D eigenvalue weighted by Crippen LogP contribution is 2.44. The third-order valence-corrected chi connectivity index (χ3v) is 9.12. The number of sulfonamides is 1. The zero-order valence-corrected chi connectivity index (χ0v) is 19.3. The van der Waals surface area contributed by atoms with Gasteiger partial charge in [0, 0.05) is 10.3 Å². The lowest BCUT2D eigenvalue weighted by molar-refractivity contribution is -0.116. The van der Waals surface area contributed by atoms with Gasteiger partial charge in [-0.1, -0.05) is 24.3 Å². The summed E-state index contributed by atoms with van der Waals surface area (Å²) in [5.74, 6) is -0.954. The van der Waals surface area contributed by atoms with Crippen molar-refractivity contribution in [3.05, 3.63) is 52.4 Å². The molecule has 1 N–H and O–H groups in total. The Morgan fingerprint density at radius 1 is 1.19 bits per heavy atom. The quantitative estimate of drug-likeness (QED) is 0.567. The first-order valence-corrected chi connectivity index (χ1v) is 12.8. The first-order chi connectivity index (χ1) is 15.3. The lowest BCUT2D eigenvalue weighted by Gasteiger charge is -2.25. The summed E-state index contributed by atoms with van der Waals surface area (Å²) in [6, 6.07) is 9.45. The number of nitrogens with zero attached hydrogens (tertiary/aromatic N) is 1. The van der Waals surface area contributed by atoms with Gasteiger partial charge in [0.25, 0.3) is 10.0 Å². The number of hydrogen-bond acceptors (Lipinski definition) is 6. The topological polar surface area (TPSA) is 92.8 Å². The molecule has 0 radical (unpaired) electrons. The Balaban J connectivity index is 1.50. The SMILES string of the molecule is CCOC(=O)c1c(NC(=O)[C@@H](C)N2c3cccc4cccc(c34)S2(=O)=O)sc2c1CCC2. The lowest BCUT2D eigenvalue weighted by Crippen LogP contribution is -2.44. The zero-order valence-electron chi connectivity index (χ0n) is 17.7. The monoisotopic (exact) mass is 470 g/mol. The molecular weight excluding hydrogens is 448 g/mol. The van der Waals surface area contributed by atoms with Crippen LogP contribution in [-0.2, 0) is 32.4 Å². The molecule has 0 saturated carbocycles. The van der Waals surface area contributed by atoms with Crippen molar-refractivity contribution in [2.75, 3.05) is 16.2 Å². The molecule has 2 aromatic carbocycles. The van der Waals surface area contributed by atoms with Crippen molar-refractivity contribution in [1.29, 1.82) is 0 Å². The van der Waals surface area contributed by atoms with Gasteiger partial charge in [-0.15, -0.1) is 11.3 Å². The molecular formula is C23H22N2O5S2. The fraction of sp³-hybridized carbons (Fsp3) is 0.304. The number of ether oxygens (including phenoxy) is 1. The molecule has 0 fully saturated rings. The minimum absolute atomic E-state index is 0.201. The number of esters is 1. The summed E-state index contributed by atoms with van der Waals surface area (Å²) in [6.07, 6.45) is 2.59. The van der Waals surface area contributed by atoms with Crippen LogP contribution in [0, 0.1) is 0 Å². The highest BCUT2D eigenvalue weighted by atomic mass is 32.2. The number of nitrogens with one attached hydrogen (secondary N) is 1. The maximum absolute atomic E-state index is 13.3. The summed E-state index contributed by atoms with van der Waals surface area (Å²) in [7, 11) is -3.88. The van der Waals surface area contributed by atoms with Crippen LogP contribution in [0.15, 0.2) is 41.3 Å². The molecule has 7 nitrogen and oxygen atoms in total. The van der Waals surface area contributed by atoms with Gasteiger partial charge in [0.1, 0.15) is 11.0 Å². The predicted octanol–water partition coefficient (Wildman–Crippen LogP) is 4.10. The van der Waals surface area contributed by atoms with Crippen LogP contribution >= 0.6 is 11.3 Å². The molecule has 0 saturated heterocycles. The highest BCUT2D eigenvalue weighted by Gasteiger charge is 2.41. The third kappa shape index (κ3) is 3.02. The number of carbonyl (C=O) groups excluding carboxylic acids is 2. The summed E-state index contributed by atoms with van der Waals surface area (Å²) in [6.45, 7) is 3.53. The van der Waals surface area contributed by atoms with Gasteiger partial charge in [-0.2, -0.15) is 0 Å². The molecule has 0 unspecified atom stereocenters. The molecule has 1 aromatic heterocycles. The molecule has 0 spiro atoms. The number of thiophene rings is 1. The van der Waals surface area contributed by atoms with Crippen LogP contribution in [0.2, 0.25) is 0 Å². The van der Waals surface area contributed by atoms with Crippen LogP contribution in [0.4, 0.5) is 10.7 Å². The molecule has 2 aliphatic rings. The maximum Gasteiger partial charge on any atom is 0.341 e. The van der Waals surface area contributed by atoms with Crippen LogP contribution in [0.25, 0.3) is 10.8 Å². The van der Waals surface area contributed by atoms with E-state index in [-0.39, 0.29) is 11.5 Å². The smallest absolute Gasteiger partial charge is 0.341 e. The Bertz CT molecular complexity index is 1370. The van der Waals surface area contributed by atoms with E-state index in [1.807, 2.05) is 12.1 Å². The second kappa shape index (κ2) is 7.60. The number of hydrogen-bond donors (Lipinski definition) is 1. The second-order valence-electron chi connectivity index (χ2n) is 7.88. The molecule has 166 valence electrons. The maximum atomic E-state index is 13.3. The first-order valence-electron chi connectivity index (χ1n) is 10.5. The average molecular weight is 471 g/mol. The van der Waals surface area contributed by atoms with E-state index in [2.05, 4.69) is 5.32 Å². The van der Waals surface area contributed by atoms with Gasteiger partial charge in [0.05, 0.1) is 22.8 Å². The van der Waals surface area contributed by atoms with Crippen LogP contribution in [0.5, 0.6) is 0 Å². The first kappa shape index (κ1) is 21.0. The fourth-order valence-electron chi connectivity index (χ4n) is 4.57. The molecule has 3 aromatic rings. The standard InChI is InChI=1S/C23H22N2O5S2/c1-3-30-23(27)20-15-9-6-11-17(15)31-22(20)24-21(26)13(2)25-16-10-4-7-14-8-5-12-18(19(14)16)32(25,28)29/h4-5,7-8,10,12-13H,3,6,9,11H2,1-2H3,(H,24,26)/t13-/m1/s1. The molecule has 32 heavy (non-hydrogen) atoms. The van der Waals surface area contributed by atoms with Crippen molar-refractivity contribution >= 4 is 54.7 Å². The number of rotatable bonds is 5. The summed E-state index contributed by atoms with van der Waals surface area (Å²) < 4.78 is 33.0. The molecule has 1 amide bonds. The van der Waals surface area contributed by atoms with Crippen LogP contribution in [0.3, 0.4) is 0 Å². The van der Waals surface area contributed by atoms with E-state index in [0.717, 1.165) is 35.1 Å². The average Bonchev–Trinajstić information content (AvgIpc) is 3.39.